The van der Waals surface area contributed by atoms with Crippen LogP contribution in [0.2, 0.25) is 0 Å². The molecule has 23 heavy (non-hydrogen) atoms. The van der Waals surface area contributed by atoms with E-state index < -0.39 is 22.8 Å². The summed E-state index contributed by atoms with van der Waals surface area (Å²) in [6.07, 6.45) is 5.55. The molecule has 4 nitrogen and oxygen atoms in total. The average molecular weight is 365 g/mol. The number of hydrogen-bond acceptors (Lipinski definition) is 4. The Hall–Kier alpha value is -0.360. The summed E-state index contributed by atoms with van der Waals surface area (Å²) >= 11 is 9.14. The van der Waals surface area contributed by atoms with Crippen LogP contribution in [0.15, 0.2) is 0 Å². The van der Waals surface area contributed by atoms with Crippen molar-refractivity contribution in [2.24, 2.45) is 10.8 Å². The van der Waals surface area contributed by atoms with Gasteiger partial charge in [-0.05, 0) is 59.8 Å². The minimum atomic E-state index is -0.763. The Morgan fingerprint density at radius 3 is 1.39 bits per heavy atom. The lowest BCUT2D eigenvalue weighted by Gasteiger charge is -2.22. The lowest BCUT2D eigenvalue weighted by molar-refractivity contribution is -0.148. The van der Waals surface area contributed by atoms with E-state index >= 15 is 0 Å². The molecule has 0 saturated heterocycles. The van der Waals surface area contributed by atoms with Crippen molar-refractivity contribution in [1.82, 2.24) is 0 Å². The van der Waals surface area contributed by atoms with Crippen LogP contribution in [0.3, 0.4) is 0 Å². The Labute approximate surface area is 151 Å². The van der Waals surface area contributed by atoms with Gasteiger partial charge in [-0.25, -0.2) is 0 Å². The number of thiol groups is 2. The SMILES string of the molecule is CC(C)(CCCC(S)CC(S)CCCC(C)(C)C(=O)O)C(=O)O. The molecule has 136 valence electrons. The highest BCUT2D eigenvalue weighted by Crippen LogP contribution is 2.28. The van der Waals surface area contributed by atoms with Gasteiger partial charge in [-0.15, -0.1) is 0 Å². The van der Waals surface area contributed by atoms with E-state index in [-0.39, 0.29) is 10.5 Å². The van der Waals surface area contributed by atoms with Gasteiger partial charge >= 0.3 is 11.9 Å². The highest BCUT2D eigenvalue weighted by atomic mass is 32.1. The molecule has 0 aliphatic carbocycles. The van der Waals surface area contributed by atoms with Crippen molar-refractivity contribution < 1.29 is 19.8 Å². The molecule has 0 aromatic carbocycles. The van der Waals surface area contributed by atoms with Gasteiger partial charge in [-0.2, -0.15) is 25.3 Å². The van der Waals surface area contributed by atoms with Gasteiger partial charge in [0.1, 0.15) is 0 Å². The van der Waals surface area contributed by atoms with Crippen molar-refractivity contribution >= 4 is 37.2 Å². The third-order valence-corrected chi connectivity index (χ3v) is 5.32. The molecule has 6 heteroatoms. The van der Waals surface area contributed by atoms with E-state index in [1.807, 2.05) is 0 Å². The van der Waals surface area contributed by atoms with Gasteiger partial charge in [0.2, 0.25) is 0 Å². The quantitative estimate of drug-likeness (QED) is 0.384. The van der Waals surface area contributed by atoms with Crippen molar-refractivity contribution in [3.05, 3.63) is 0 Å². The Morgan fingerprint density at radius 1 is 0.826 bits per heavy atom. The number of hydrogen-bond donors (Lipinski definition) is 4. The first-order valence-corrected chi connectivity index (χ1v) is 9.24. The normalized spacial score (nSPS) is 15.2. The second kappa shape index (κ2) is 9.82. The summed E-state index contributed by atoms with van der Waals surface area (Å²) < 4.78 is 0. The van der Waals surface area contributed by atoms with E-state index in [4.69, 9.17) is 10.2 Å². The fourth-order valence-corrected chi connectivity index (χ4v) is 3.36. The summed E-state index contributed by atoms with van der Waals surface area (Å²) in [5, 5.41) is 18.6. The number of carbonyl (C=O) groups is 2. The lowest BCUT2D eigenvalue weighted by atomic mass is 9.86. The van der Waals surface area contributed by atoms with Crippen LogP contribution < -0.4 is 0 Å². The maximum Gasteiger partial charge on any atom is 0.309 e. The zero-order valence-corrected chi connectivity index (χ0v) is 16.5. The van der Waals surface area contributed by atoms with Crippen LogP contribution in [-0.2, 0) is 9.59 Å². The first-order chi connectivity index (χ1) is 10.4. The van der Waals surface area contributed by atoms with E-state index in [0.717, 1.165) is 32.1 Å². The summed E-state index contributed by atoms with van der Waals surface area (Å²) in [6, 6.07) is 0. The number of carboxylic acid groups (broad SMARTS) is 2. The van der Waals surface area contributed by atoms with E-state index in [0.29, 0.717) is 12.8 Å². The summed E-state index contributed by atoms with van der Waals surface area (Å²) in [6.45, 7) is 6.98. The molecule has 0 aromatic rings. The maximum atomic E-state index is 11.0. The predicted octanol–water partition coefficient (Wildman–Crippen LogP) is 4.54. The minimum absolute atomic E-state index is 0.203. The van der Waals surface area contributed by atoms with Crippen LogP contribution in [-0.4, -0.2) is 32.7 Å². The van der Waals surface area contributed by atoms with Crippen molar-refractivity contribution in [1.29, 1.82) is 0 Å². The second-order valence-corrected chi connectivity index (χ2v) is 9.17. The van der Waals surface area contributed by atoms with Gasteiger partial charge in [0.15, 0.2) is 0 Å². The highest BCUT2D eigenvalue weighted by molar-refractivity contribution is 7.81. The van der Waals surface area contributed by atoms with Crippen LogP contribution in [0.5, 0.6) is 0 Å². The topological polar surface area (TPSA) is 74.6 Å². The fraction of sp³-hybridized carbons (Fsp3) is 0.882. The standard InChI is InChI=1S/C17H32O4S2/c1-16(2,14(18)19)9-5-7-12(22)11-13(23)8-6-10-17(3,4)15(20)21/h12-13,22-23H,5-11H2,1-4H3,(H,18,19)(H,20,21). The first-order valence-electron chi connectivity index (χ1n) is 8.21. The van der Waals surface area contributed by atoms with E-state index in [2.05, 4.69) is 25.3 Å². The third-order valence-electron chi connectivity index (χ3n) is 4.38. The molecule has 0 radical (unpaired) electrons. The molecule has 0 heterocycles. The Bertz CT molecular complexity index is 358. The van der Waals surface area contributed by atoms with Crippen molar-refractivity contribution in [2.45, 2.75) is 83.1 Å². The summed E-state index contributed by atoms with van der Waals surface area (Å²) in [4.78, 5) is 22.1. The Kier molecular flexibility index (Phi) is 9.67. The number of rotatable bonds is 12. The number of aliphatic carboxylic acids is 2. The van der Waals surface area contributed by atoms with Crippen molar-refractivity contribution in [3.63, 3.8) is 0 Å². The van der Waals surface area contributed by atoms with Gasteiger partial charge < -0.3 is 10.2 Å². The second-order valence-electron chi connectivity index (χ2n) is 7.71. The van der Waals surface area contributed by atoms with Crippen LogP contribution in [0.4, 0.5) is 0 Å². The molecule has 0 aliphatic rings. The molecule has 2 N–H and O–H groups in total. The van der Waals surface area contributed by atoms with Gasteiger partial charge in [0.25, 0.3) is 0 Å². The fourth-order valence-electron chi connectivity index (χ4n) is 2.32. The number of carboxylic acids is 2. The van der Waals surface area contributed by atoms with E-state index in [1.165, 1.54) is 0 Å². The maximum absolute atomic E-state index is 11.0. The molecule has 0 rings (SSSR count). The van der Waals surface area contributed by atoms with Crippen LogP contribution in [0.25, 0.3) is 0 Å². The first kappa shape index (κ1) is 22.6. The van der Waals surface area contributed by atoms with Gasteiger partial charge in [0.05, 0.1) is 10.8 Å². The van der Waals surface area contributed by atoms with Gasteiger partial charge in [-0.1, -0.05) is 12.8 Å². The molecule has 0 fully saturated rings. The van der Waals surface area contributed by atoms with Crippen molar-refractivity contribution in [3.8, 4) is 0 Å². The molecule has 0 aliphatic heterocycles. The summed E-state index contributed by atoms with van der Waals surface area (Å²) in [5.41, 5.74) is -1.37. The lowest BCUT2D eigenvalue weighted by Crippen LogP contribution is -2.24. The molecule has 2 atom stereocenters. The Balaban J connectivity index is 3.96. The van der Waals surface area contributed by atoms with E-state index in [9.17, 15) is 9.59 Å². The monoisotopic (exact) mass is 364 g/mol. The minimum Gasteiger partial charge on any atom is -0.481 e. The molecule has 0 saturated carbocycles. The van der Waals surface area contributed by atoms with Crippen LogP contribution >= 0.6 is 25.3 Å². The largest absolute Gasteiger partial charge is 0.481 e. The molecule has 0 amide bonds. The van der Waals surface area contributed by atoms with Crippen LogP contribution in [0, 0.1) is 10.8 Å². The zero-order valence-electron chi connectivity index (χ0n) is 14.7. The highest BCUT2D eigenvalue weighted by Gasteiger charge is 2.27. The molecular weight excluding hydrogens is 332 g/mol. The smallest absolute Gasteiger partial charge is 0.309 e. The van der Waals surface area contributed by atoms with Gasteiger partial charge in [-0.3, -0.25) is 9.59 Å². The summed E-state index contributed by atoms with van der Waals surface area (Å²) in [7, 11) is 0. The third kappa shape index (κ3) is 9.50. The molecular formula is C17H32O4S2. The predicted molar refractivity (Wildman–Crippen MR) is 101 cm³/mol. The Morgan fingerprint density at radius 2 is 1.13 bits per heavy atom. The zero-order chi connectivity index (χ0) is 18.3. The van der Waals surface area contributed by atoms with Gasteiger partial charge in [0, 0.05) is 10.5 Å². The summed E-state index contributed by atoms with van der Waals surface area (Å²) in [5.74, 6) is -1.53. The molecule has 2 unspecified atom stereocenters. The molecule has 0 bridgehead atoms. The van der Waals surface area contributed by atoms with E-state index in [1.54, 1.807) is 27.7 Å². The molecule has 0 aromatic heterocycles. The molecule has 0 spiro atoms. The van der Waals surface area contributed by atoms with Crippen molar-refractivity contribution in [2.75, 3.05) is 0 Å². The average Bonchev–Trinajstić information content (AvgIpc) is 2.37. The van der Waals surface area contributed by atoms with Crippen LogP contribution in [0.1, 0.15) is 72.6 Å².